The van der Waals surface area contributed by atoms with E-state index in [4.69, 9.17) is 0 Å². The lowest BCUT2D eigenvalue weighted by molar-refractivity contribution is -0.384. The van der Waals surface area contributed by atoms with Crippen molar-refractivity contribution < 1.29 is 14.5 Å². The molecule has 0 radical (unpaired) electrons. The maximum atomic E-state index is 12.9. The van der Waals surface area contributed by atoms with Gasteiger partial charge in [-0.1, -0.05) is 25.0 Å². The molecule has 3 aliphatic rings. The highest BCUT2D eigenvalue weighted by Gasteiger charge is 2.40. The van der Waals surface area contributed by atoms with Crippen LogP contribution >= 0.6 is 0 Å². The molecule has 2 heterocycles. The second-order valence-electron chi connectivity index (χ2n) is 8.41. The van der Waals surface area contributed by atoms with Gasteiger partial charge in [0.05, 0.1) is 10.8 Å². The van der Waals surface area contributed by atoms with Crippen LogP contribution in [0.4, 0.5) is 5.69 Å². The molecule has 1 aromatic rings. The Bertz CT molecular complexity index is 785. The van der Waals surface area contributed by atoms with Gasteiger partial charge in [-0.05, 0) is 18.4 Å². The van der Waals surface area contributed by atoms with Crippen LogP contribution in [-0.4, -0.2) is 70.2 Å². The molecular weight excluding hydrogens is 372 g/mol. The molecule has 4 rings (SSSR count). The molecule has 1 atom stereocenters. The number of likely N-dealkylation sites (tertiary alicyclic amines) is 1. The van der Waals surface area contributed by atoms with Gasteiger partial charge in [-0.25, -0.2) is 0 Å². The first-order valence-corrected chi connectivity index (χ1v) is 10.5. The molecule has 0 bridgehead atoms. The van der Waals surface area contributed by atoms with Gasteiger partial charge in [-0.15, -0.1) is 0 Å². The average Bonchev–Trinajstić information content (AvgIpc) is 3.38. The van der Waals surface area contributed by atoms with Crippen LogP contribution in [0.25, 0.3) is 0 Å². The van der Waals surface area contributed by atoms with Crippen molar-refractivity contribution in [3.05, 3.63) is 39.9 Å². The second-order valence-corrected chi connectivity index (χ2v) is 8.41. The molecule has 1 aromatic carbocycles. The molecule has 2 aliphatic heterocycles. The second kappa shape index (κ2) is 8.49. The van der Waals surface area contributed by atoms with E-state index in [-0.39, 0.29) is 28.3 Å². The molecule has 0 spiro atoms. The molecule has 0 aromatic heterocycles. The number of nitro benzene ring substituents is 1. The average molecular weight is 400 g/mol. The Kier molecular flexibility index (Phi) is 5.80. The van der Waals surface area contributed by atoms with E-state index in [1.807, 2.05) is 15.9 Å². The van der Waals surface area contributed by atoms with E-state index in [9.17, 15) is 19.7 Å². The number of rotatable bonds is 5. The lowest BCUT2D eigenvalue weighted by Crippen LogP contribution is -2.50. The third kappa shape index (κ3) is 4.42. The van der Waals surface area contributed by atoms with Gasteiger partial charge in [0, 0.05) is 63.9 Å². The smallest absolute Gasteiger partial charge is 0.269 e. The van der Waals surface area contributed by atoms with Crippen LogP contribution < -0.4 is 0 Å². The predicted molar refractivity (Wildman–Crippen MR) is 107 cm³/mol. The first-order valence-electron chi connectivity index (χ1n) is 10.5. The zero-order chi connectivity index (χ0) is 20.4. The van der Waals surface area contributed by atoms with Crippen molar-refractivity contribution in [2.75, 3.05) is 32.7 Å². The number of nitro groups is 1. The number of benzene rings is 1. The highest BCUT2D eigenvalue weighted by Crippen LogP contribution is 2.30. The molecule has 1 aliphatic carbocycles. The Labute approximate surface area is 170 Å². The summed E-state index contributed by atoms with van der Waals surface area (Å²) in [6, 6.07) is 7.05. The first kappa shape index (κ1) is 19.8. The van der Waals surface area contributed by atoms with Gasteiger partial charge in [0.1, 0.15) is 0 Å². The highest BCUT2D eigenvalue weighted by atomic mass is 16.6. The summed E-state index contributed by atoms with van der Waals surface area (Å²) in [5.74, 6) is 0.0415. The minimum atomic E-state index is -0.377. The van der Waals surface area contributed by atoms with Crippen LogP contribution in [0.2, 0.25) is 0 Å². The minimum Gasteiger partial charge on any atom is -0.340 e. The van der Waals surface area contributed by atoms with Gasteiger partial charge in [0.2, 0.25) is 11.8 Å². The number of non-ortho nitro benzene ring substituents is 1. The zero-order valence-corrected chi connectivity index (χ0v) is 16.7. The molecule has 2 saturated heterocycles. The Morgan fingerprint density at radius 2 is 1.86 bits per heavy atom. The van der Waals surface area contributed by atoms with Crippen molar-refractivity contribution in [2.24, 2.45) is 5.92 Å². The molecule has 8 heteroatoms. The van der Waals surface area contributed by atoms with Gasteiger partial charge in [0.15, 0.2) is 0 Å². The summed E-state index contributed by atoms with van der Waals surface area (Å²) in [5, 5.41) is 10.9. The number of carbonyl (C=O) groups is 2. The summed E-state index contributed by atoms with van der Waals surface area (Å²) in [6.07, 6.45) is 4.86. The van der Waals surface area contributed by atoms with Crippen LogP contribution in [0.15, 0.2) is 24.3 Å². The summed E-state index contributed by atoms with van der Waals surface area (Å²) < 4.78 is 0. The van der Waals surface area contributed by atoms with Crippen molar-refractivity contribution in [3.8, 4) is 0 Å². The summed E-state index contributed by atoms with van der Waals surface area (Å²) in [7, 11) is 0. The van der Waals surface area contributed by atoms with E-state index in [0.717, 1.165) is 31.5 Å². The van der Waals surface area contributed by atoms with Gasteiger partial charge in [-0.2, -0.15) is 0 Å². The van der Waals surface area contributed by atoms with E-state index < -0.39 is 0 Å². The molecule has 1 saturated carbocycles. The fourth-order valence-electron chi connectivity index (χ4n) is 4.88. The predicted octanol–water partition coefficient (Wildman–Crippen LogP) is 2.03. The SMILES string of the molecule is O=C(C1CC(=O)N(C2CCCC2)C1)N1CCN(Cc2cccc([N+](=O)[O-])c2)CC1. The van der Waals surface area contributed by atoms with Crippen molar-refractivity contribution in [1.82, 2.24) is 14.7 Å². The van der Waals surface area contributed by atoms with Crippen LogP contribution in [0, 0.1) is 16.0 Å². The van der Waals surface area contributed by atoms with Crippen LogP contribution in [0.1, 0.15) is 37.7 Å². The maximum absolute atomic E-state index is 12.9. The Morgan fingerprint density at radius 3 is 2.55 bits per heavy atom. The Balaban J connectivity index is 1.28. The van der Waals surface area contributed by atoms with E-state index in [1.165, 1.54) is 18.9 Å². The molecule has 1 unspecified atom stereocenters. The van der Waals surface area contributed by atoms with E-state index >= 15 is 0 Å². The minimum absolute atomic E-state index is 0.105. The normalized spacial score (nSPS) is 23.7. The van der Waals surface area contributed by atoms with E-state index in [2.05, 4.69) is 4.90 Å². The van der Waals surface area contributed by atoms with E-state index in [1.54, 1.807) is 12.1 Å². The number of hydrogen-bond donors (Lipinski definition) is 0. The monoisotopic (exact) mass is 400 g/mol. The molecule has 2 amide bonds. The van der Waals surface area contributed by atoms with Crippen LogP contribution in [0.3, 0.4) is 0 Å². The lowest BCUT2D eigenvalue weighted by Gasteiger charge is -2.36. The molecule has 8 nitrogen and oxygen atoms in total. The van der Waals surface area contributed by atoms with Crippen molar-refractivity contribution in [1.29, 1.82) is 0 Å². The Morgan fingerprint density at radius 1 is 1.14 bits per heavy atom. The van der Waals surface area contributed by atoms with Crippen molar-refractivity contribution in [3.63, 3.8) is 0 Å². The zero-order valence-electron chi connectivity index (χ0n) is 16.7. The third-order valence-corrected chi connectivity index (χ3v) is 6.48. The number of amides is 2. The molecular formula is C21H28N4O4. The molecule has 3 fully saturated rings. The lowest BCUT2D eigenvalue weighted by atomic mass is 10.1. The highest BCUT2D eigenvalue weighted by molar-refractivity contribution is 5.89. The van der Waals surface area contributed by atoms with Gasteiger partial charge in [0.25, 0.3) is 5.69 Å². The van der Waals surface area contributed by atoms with Crippen molar-refractivity contribution in [2.45, 2.75) is 44.7 Å². The maximum Gasteiger partial charge on any atom is 0.269 e. The standard InChI is InChI=1S/C21H28N4O4/c26-20-13-17(15-24(20)18-5-1-2-6-18)21(27)23-10-8-22(9-11-23)14-16-4-3-7-19(12-16)25(28)29/h3-4,7,12,17-18H,1-2,5-6,8-11,13-15H2. The number of piperazine rings is 1. The largest absolute Gasteiger partial charge is 0.340 e. The number of hydrogen-bond acceptors (Lipinski definition) is 5. The van der Waals surface area contributed by atoms with Crippen molar-refractivity contribution >= 4 is 17.5 Å². The molecule has 156 valence electrons. The quantitative estimate of drug-likeness (QED) is 0.558. The molecule has 0 N–H and O–H groups in total. The van der Waals surface area contributed by atoms with Gasteiger partial charge >= 0.3 is 0 Å². The Hall–Kier alpha value is -2.48. The third-order valence-electron chi connectivity index (χ3n) is 6.48. The van der Waals surface area contributed by atoms with Crippen LogP contribution in [0.5, 0.6) is 0 Å². The number of nitrogens with zero attached hydrogens (tertiary/aromatic N) is 4. The fraction of sp³-hybridized carbons (Fsp3) is 0.619. The summed E-state index contributed by atoms with van der Waals surface area (Å²) >= 11 is 0. The topological polar surface area (TPSA) is 87.0 Å². The van der Waals surface area contributed by atoms with Gasteiger partial charge in [-0.3, -0.25) is 24.6 Å². The van der Waals surface area contributed by atoms with Crippen LogP contribution in [-0.2, 0) is 16.1 Å². The number of carbonyl (C=O) groups excluding carboxylic acids is 2. The van der Waals surface area contributed by atoms with Gasteiger partial charge < -0.3 is 9.80 Å². The summed E-state index contributed by atoms with van der Waals surface area (Å²) in [6.45, 7) is 3.98. The summed E-state index contributed by atoms with van der Waals surface area (Å²) in [4.78, 5) is 42.0. The fourth-order valence-corrected chi connectivity index (χ4v) is 4.88. The first-order chi connectivity index (χ1) is 14.0. The van der Waals surface area contributed by atoms with E-state index in [0.29, 0.717) is 38.6 Å². The summed E-state index contributed by atoms with van der Waals surface area (Å²) in [5.41, 5.74) is 1.02. The molecule has 29 heavy (non-hydrogen) atoms.